The van der Waals surface area contributed by atoms with Gasteiger partial charge in [0.25, 0.3) is 5.89 Å². The van der Waals surface area contributed by atoms with Gasteiger partial charge in [-0.3, -0.25) is 0 Å². The molecule has 1 saturated carbocycles. The highest BCUT2D eigenvalue weighted by atomic mass is 32.1. The minimum absolute atomic E-state index is 0.301. The summed E-state index contributed by atoms with van der Waals surface area (Å²) >= 11 is 1.34. The topological polar surface area (TPSA) is 77.8 Å². The quantitative estimate of drug-likeness (QED) is 0.802. The Hall–Kier alpha value is -2.12. The van der Waals surface area contributed by atoms with Gasteiger partial charge in [-0.25, -0.2) is 9.37 Å². The lowest BCUT2D eigenvalue weighted by molar-refractivity contribution is 0.229. The number of benzene rings is 1. The lowest BCUT2D eigenvalue weighted by Gasteiger charge is -2.34. The fourth-order valence-electron chi connectivity index (χ4n) is 2.44. The number of aromatic nitrogens is 3. The maximum atomic E-state index is 13.8. The van der Waals surface area contributed by atoms with Crippen LogP contribution in [0.4, 0.5) is 4.39 Å². The third-order valence-electron chi connectivity index (χ3n) is 3.94. The van der Waals surface area contributed by atoms with Gasteiger partial charge in [-0.1, -0.05) is 17.3 Å². The Balaban J connectivity index is 1.66. The van der Waals surface area contributed by atoms with Crippen molar-refractivity contribution in [2.75, 3.05) is 0 Å². The number of hydrogen-bond donors (Lipinski definition) is 1. The Labute approximate surface area is 130 Å². The SMILES string of the molecule is NC1(c2noc(-c3csc(-c4ccccc4F)n3)n2)CCC1. The first kappa shape index (κ1) is 13.5. The van der Waals surface area contributed by atoms with E-state index in [0.29, 0.717) is 28.0 Å². The van der Waals surface area contributed by atoms with Crippen molar-refractivity contribution in [3.05, 3.63) is 41.3 Å². The normalized spacial score (nSPS) is 16.5. The van der Waals surface area contributed by atoms with Crippen molar-refractivity contribution < 1.29 is 8.91 Å². The van der Waals surface area contributed by atoms with E-state index >= 15 is 0 Å². The molecule has 0 radical (unpaired) electrons. The van der Waals surface area contributed by atoms with Gasteiger partial charge in [-0.2, -0.15) is 4.98 Å². The molecule has 112 valence electrons. The van der Waals surface area contributed by atoms with E-state index in [0.717, 1.165) is 19.3 Å². The molecule has 22 heavy (non-hydrogen) atoms. The van der Waals surface area contributed by atoms with Crippen LogP contribution in [0, 0.1) is 5.82 Å². The number of thiazole rings is 1. The first-order valence-corrected chi connectivity index (χ1v) is 7.88. The predicted octanol–water partition coefficient (Wildman–Crippen LogP) is 3.34. The lowest BCUT2D eigenvalue weighted by atomic mass is 9.77. The van der Waals surface area contributed by atoms with Crippen LogP contribution in [-0.4, -0.2) is 15.1 Å². The Kier molecular flexibility index (Phi) is 3.05. The summed E-state index contributed by atoms with van der Waals surface area (Å²) in [4.78, 5) is 8.74. The van der Waals surface area contributed by atoms with Gasteiger partial charge in [0, 0.05) is 10.9 Å². The zero-order chi connectivity index (χ0) is 15.2. The first-order valence-electron chi connectivity index (χ1n) is 7.00. The molecule has 5 nitrogen and oxygen atoms in total. The second-order valence-corrected chi connectivity index (χ2v) is 6.31. The smallest absolute Gasteiger partial charge is 0.277 e. The van der Waals surface area contributed by atoms with E-state index in [9.17, 15) is 4.39 Å². The molecule has 0 unspecified atom stereocenters. The van der Waals surface area contributed by atoms with Crippen LogP contribution in [0.3, 0.4) is 0 Å². The summed E-state index contributed by atoms with van der Waals surface area (Å²) in [5, 5.41) is 6.33. The Morgan fingerprint density at radius 1 is 1.23 bits per heavy atom. The maximum absolute atomic E-state index is 13.8. The number of halogens is 1. The fraction of sp³-hybridized carbons (Fsp3) is 0.267. The highest BCUT2D eigenvalue weighted by Crippen LogP contribution is 2.38. The van der Waals surface area contributed by atoms with Crippen LogP contribution in [0.25, 0.3) is 22.2 Å². The number of nitrogens with zero attached hydrogens (tertiary/aromatic N) is 3. The van der Waals surface area contributed by atoms with E-state index in [2.05, 4.69) is 15.1 Å². The van der Waals surface area contributed by atoms with Gasteiger partial charge < -0.3 is 10.3 Å². The van der Waals surface area contributed by atoms with Crippen molar-refractivity contribution in [1.29, 1.82) is 0 Å². The molecule has 0 atom stereocenters. The van der Waals surface area contributed by atoms with E-state index in [1.54, 1.807) is 23.6 Å². The number of hydrogen-bond acceptors (Lipinski definition) is 6. The molecule has 3 aromatic rings. The van der Waals surface area contributed by atoms with Gasteiger partial charge >= 0.3 is 0 Å². The van der Waals surface area contributed by atoms with E-state index in [-0.39, 0.29) is 5.82 Å². The molecule has 1 fully saturated rings. The first-order chi connectivity index (χ1) is 10.7. The van der Waals surface area contributed by atoms with Gasteiger partial charge in [-0.05, 0) is 31.4 Å². The third-order valence-corrected chi connectivity index (χ3v) is 4.82. The van der Waals surface area contributed by atoms with E-state index in [4.69, 9.17) is 10.3 Å². The summed E-state index contributed by atoms with van der Waals surface area (Å²) in [5.74, 6) is 0.546. The molecule has 0 amide bonds. The van der Waals surface area contributed by atoms with Crippen LogP contribution in [0.2, 0.25) is 0 Å². The van der Waals surface area contributed by atoms with E-state index in [1.807, 2.05) is 0 Å². The largest absolute Gasteiger partial charge is 0.332 e. The summed E-state index contributed by atoms with van der Waals surface area (Å²) in [6.45, 7) is 0. The molecular weight excluding hydrogens is 303 g/mol. The van der Waals surface area contributed by atoms with Crippen molar-refractivity contribution in [3.8, 4) is 22.2 Å². The second-order valence-electron chi connectivity index (χ2n) is 5.45. The van der Waals surface area contributed by atoms with Gasteiger partial charge in [0.15, 0.2) is 5.82 Å². The van der Waals surface area contributed by atoms with Gasteiger partial charge in [0.1, 0.15) is 16.5 Å². The highest BCUT2D eigenvalue weighted by molar-refractivity contribution is 7.13. The van der Waals surface area contributed by atoms with E-state index < -0.39 is 5.54 Å². The average molecular weight is 316 g/mol. The minimum Gasteiger partial charge on any atom is -0.332 e. The van der Waals surface area contributed by atoms with Crippen molar-refractivity contribution in [3.63, 3.8) is 0 Å². The Morgan fingerprint density at radius 2 is 2.05 bits per heavy atom. The van der Waals surface area contributed by atoms with Crippen molar-refractivity contribution in [2.45, 2.75) is 24.8 Å². The van der Waals surface area contributed by atoms with Crippen LogP contribution in [-0.2, 0) is 5.54 Å². The zero-order valence-electron chi connectivity index (χ0n) is 11.6. The van der Waals surface area contributed by atoms with Crippen molar-refractivity contribution in [2.24, 2.45) is 5.73 Å². The molecule has 2 aromatic heterocycles. The molecule has 4 rings (SSSR count). The summed E-state index contributed by atoms with van der Waals surface area (Å²) in [7, 11) is 0. The van der Waals surface area contributed by atoms with Gasteiger partial charge in [0.2, 0.25) is 0 Å². The molecule has 2 N–H and O–H groups in total. The Morgan fingerprint density at radius 3 is 2.77 bits per heavy atom. The van der Waals surface area contributed by atoms with Crippen molar-refractivity contribution >= 4 is 11.3 Å². The number of rotatable bonds is 3. The maximum Gasteiger partial charge on any atom is 0.277 e. The molecule has 0 spiro atoms. The fourth-order valence-corrected chi connectivity index (χ4v) is 3.26. The molecule has 1 aliphatic rings. The molecule has 0 bridgehead atoms. The van der Waals surface area contributed by atoms with Gasteiger partial charge in [0.05, 0.1) is 5.54 Å². The third kappa shape index (κ3) is 2.13. The second kappa shape index (κ2) is 4.96. The monoisotopic (exact) mass is 316 g/mol. The average Bonchev–Trinajstić information content (AvgIpc) is 3.14. The molecule has 1 aliphatic carbocycles. The minimum atomic E-state index is -0.466. The highest BCUT2D eigenvalue weighted by Gasteiger charge is 2.39. The van der Waals surface area contributed by atoms with Crippen LogP contribution in [0.5, 0.6) is 0 Å². The van der Waals surface area contributed by atoms with Crippen LogP contribution in [0.1, 0.15) is 25.1 Å². The summed E-state index contributed by atoms with van der Waals surface area (Å²) in [6.07, 6.45) is 2.81. The molecular formula is C15H13FN4OS. The van der Waals surface area contributed by atoms with E-state index in [1.165, 1.54) is 17.4 Å². The summed E-state index contributed by atoms with van der Waals surface area (Å²) < 4.78 is 19.1. The molecule has 7 heteroatoms. The molecule has 0 aliphatic heterocycles. The number of nitrogens with two attached hydrogens (primary N) is 1. The van der Waals surface area contributed by atoms with Crippen LogP contribution >= 0.6 is 11.3 Å². The molecule has 1 aromatic carbocycles. The van der Waals surface area contributed by atoms with Crippen molar-refractivity contribution in [1.82, 2.24) is 15.1 Å². The zero-order valence-corrected chi connectivity index (χ0v) is 12.4. The molecule has 2 heterocycles. The Bertz CT molecular complexity index is 824. The molecule has 0 saturated heterocycles. The summed E-state index contributed by atoms with van der Waals surface area (Å²) in [5.41, 5.74) is 6.72. The van der Waals surface area contributed by atoms with Gasteiger partial charge in [-0.15, -0.1) is 11.3 Å². The standard InChI is InChI=1S/C15H13FN4OS/c16-10-5-2-1-4-9(10)13-18-11(8-22-13)12-19-14(20-21-12)15(17)6-3-7-15/h1-2,4-5,8H,3,6-7,17H2. The summed E-state index contributed by atoms with van der Waals surface area (Å²) in [6, 6.07) is 6.53. The predicted molar refractivity (Wildman–Crippen MR) is 80.5 cm³/mol. The van der Waals surface area contributed by atoms with Crippen LogP contribution < -0.4 is 5.73 Å². The van der Waals surface area contributed by atoms with Crippen LogP contribution in [0.15, 0.2) is 34.2 Å². The lowest BCUT2D eigenvalue weighted by Crippen LogP contribution is -2.44.